The van der Waals surface area contributed by atoms with Crippen molar-refractivity contribution in [2.24, 2.45) is 0 Å². The van der Waals surface area contributed by atoms with Gasteiger partial charge in [0.25, 0.3) is 0 Å². The number of halogens is 2. The number of hydrogen-bond acceptors (Lipinski definition) is 3. The fourth-order valence-corrected chi connectivity index (χ4v) is 3.79. The number of carbonyl (C=O) groups is 1. The summed E-state index contributed by atoms with van der Waals surface area (Å²) in [5.74, 6) is 0.702. The normalized spacial score (nSPS) is 12.0. The van der Waals surface area contributed by atoms with Crippen molar-refractivity contribution in [2.45, 2.75) is 20.1 Å². The summed E-state index contributed by atoms with van der Waals surface area (Å²) in [4.78, 5) is 12.5. The molecule has 2 aromatic rings. The molecule has 2 rings (SSSR count). The number of ether oxygens (including phenoxy) is 2. The summed E-state index contributed by atoms with van der Waals surface area (Å²) in [5.41, 5.74) is 1.27. The van der Waals surface area contributed by atoms with Crippen LogP contribution in [0.1, 0.15) is 22.8 Å². The first-order valence-corrected chi connectivity index (χ1v) is 8.73. The number of methoxy groups -OCH3 is 1. The van der Waals surface area contributed by atoms with E-state index < -0.39 is 0 Å². The SMILES string of the molecule is COC(C)Oc1ccc(PC(=O)c2c(Cl)cccc2Cl)c(C)c1.[Li]. The maximum atomic E-state index is 12.5. The second kappa shape index (κ2) is 9.83. The smallest absolute Gasteiger partial charge is 0.196 e. The van der Waals surface area contributed by atoms with Gasteiger partial charge in [-0.25, -0.2) is 0 Å². The van der Waals surface area contributed by atoms with Gasteiger partial charge in [0.15, 0.2) is 11.8 Å². The molecule has 2 atom stereocenters. The Balaban J connectivity index is 0.00000288. The third kappa shape index (κ3) is 5.50. The van der Waals surface area contributed by atoms with Gasteiger partial charge in [0.05, 0.1) is 15.6 Å². The van der Waals surface area contributed by atoms with Crippen LogP contribution in [0.5, 0.6) is 5.75 Å². The van der Waals surface area contributed by atoms with Gasteiger partial charge in [0, 0.05) is 26.0 Å². The Morgan fingerprint density at radius 2 is 1.79 bits per heavy atom. The van der Waals surface area contributed by atoms with Crippen LogP contribution < -0.4 is 10.0 Å². The van der Waals surface area contributed by atoms with E-state index in [1.807, 2.05) is 32.0 Å². The third-order valence-corrected chi connectivity index (χ3v) is 5.21. The molecule has 123 valence electrons. The van der Waals surface area contributed by atoms with Crippen molar-refractivity contribution in [1.29, 1.82) is 0 Å². The molecular formula is C17H17Cl2LiO3P. The number of rotatable bonds is 6. The molecule has 0 bridgehead atoms. The Kier molecular flexibility index (Phi) is 8.81. The molecule has 0 aliphatic rings. The van der Waals surface area contributed by atoms with Crippen LogP contribution in [0.2, 0.25) is 10.0 Å². The first-order chi connectivity index (χ1) is 10.9. The molecule has 0 aliphatic heterocycles. The molecule has 0 amide bonds. The van der Waals surface area contributed by atoms with Crippen molar-refractivity contribution in [3.05, 3.63) is 57.6 Å². The third-order valence-electron chi connectivity index (χ3n) is 3.27. The van der Waals surface area contributed by atoms with Crippen molar-refractivity contribution >= 4 is 61.5 Å². The van der Waals surface area contributed by atoms with E-state index in [2.05, 4.69) is 0 Å². The van der Waals surface area contributed by atoms with E-state index in [0.29, 0.717) is 21.4 Å². The Morgan fingerprint density at radius 1 is 1.17 bits per heavy atom. The molecule has 0 saturated carbocycles. The van der Waals surface area contributed by atoms with E-state index in [1.54, 1.807) is 25.3 Å². The fraction of sp³-hybridized carbons (Fsp3) is 0.235. The van der Waals surface area contributed by atoms with Gasteiger partial charge < -0.3 is 9.47 Å². The molecule has 2 aromatic carbocycles. The largest absolute Gasteiger partial charge is 0.465 e. The molecular weight excluding hydrogens is 361 g/mol. The Hall–Kier alpha value is -0.523. The molecule has 0 heterocycles. The van der Waals surface area contributed by atoms with Crippen molar-refractivity contribution in [3.63, 3.8) is 0 Å². The van der Waals surface area contributed by atoms with Crippen LogP contribution in [0.25, 0.3) is 0 Å². The predicted molar refractivity (Wildman–Crippen MR) is 103 cm³/mol. The summed E-state index contributed by atoms with van der Waals surface area (Å²) in [5, 5.41) is 1.69. The van der Waals surface area contributed by atoms with Crippen LogP contribution in [0, 0.1) is 6.92 Å². The second-order valence-electron chi connectivity index (χ2n) is 4.95. The summed E-state index contributed by atoms with van der Waals surface area (Å²) < 4.78 is 10.6. The topological polar surface area (TPSA) is 35.5 Å². The maximum absolute atomic E-state index is 12.5. The summed E-state index contributed by atoms with van der Waals surface area (Å²) in [6.07, 6.45) is -0.328. The average Bonchev–Trinajstić information content (AvgIpc) is 2.49. The standard InChI is InChI=1S/C17H17Cl2O3P.Li/c1-10-9-12(22-11(2)21-3)7-8-15(10)23-17(20)16-13(18)5-4-6-14(16)19;/h4-9,11,23H,1-3H3;. The van der Waals surface area contributed by atoms with E-state index in [0.717, 1.165) is 10.9 Å². The summed E-state index contributed by atoms with van der Waals surface area (Å²) >= 11 is 12.2. The van der Waals surface area contributed by atoms with Gasteiger partial charge in [-0.05, 0) is 57.6 Å². The number of hydrogen-bond donors (Lipinski definition) is 0. The quantitative estimate of drug-likeness (QED) is 0.424. The van der Waals surface area contributed by atoms with Crippen LogP contribution >= 0.6 is 31.8 Å². The molecule has 1 radical (unpaired) electrons. The Bertz CT molecular complexity index is 705. The van der Waals surface area contributed by atoms with Crippen molar-refractivity contribution in [2.75, 3.05) is 7.11 Å². The molecule has 0 aliphatic carbocycles. The molecule has 7 heteroatoms. The minimum Gasteiger partial charge on any atom is -0.465 e. The van der Waals surface area contributed by atoms with Crippen LogP contribution in [-0.2, 0) is 4.74 Å². The van der Waals surface area contributed by atoms with Gasteiger partial charge in [-0.1, -0.05) is 35.3 Å². The summed E-state index contributed by atoms with van der Waals surface area (Å²) in [7, 11) is 1.53. The zero-order valence-electron chi connectivity index (χ0n) is 14.0. The fourth-order valence-electron chi connectivity index (χ4n) is 1.99. The zero-order valence-corrected chi connectivity index (χ0v) is 16.5. The molecule has 0 N–H and O–H groups in total. The first kappa shape index (κ1) is 21.5. The van der Waals surface area contributed by atoms with Gasteiger partial charge in [-0.3, -0.25) is 4.79 Å². The van der Waals surface area contributed by atoms with Gasteiger partial charge in [0.2, 0.25) is 0 Å². The molecule has 0 fully saturated rings. The summed E-state index contributed by atoms with van der Waals surface area (Å²) in [6.45, 7) is 3.75. The average molecular weight is 378 g/mol. The van der Waals surface area contributed by atoms with Gasteiger partial charge >= 0.3 is 0 Å². The van der Waals surface area contributed by atoms with E-state index >= 15 is 0 Å². The van der Waals surface area contributed by atoms with Crippen molar-refractivity contribution in [3.8, 4) is 5.75 Å². The maximum Gasteiger partial charge on any atom is 0.196 e. The van der Waals surface area contributed by atoms with Crippen LogP contribution in [-0.4, -0.2) is 37.8 Å². The second-order valence-corrected chi connectivity index (χ2v) is 7.01. The zero-order chi connectivity index (χ0) is 17.0. The molecule has 3 nitrogen and oxygen atoms in total. The monoisotopic (exact) mass is 377 g/mol. The van der Waals surface area contributed by atoms with Gasteiger partial charge in [-0.2, -0.15) is 0 Å². The Labute approximate surface area is 166 Å². The minimum absolute atomic E-state index is 0. The van der Waals surface area contributed by atoms with Crippen molar-refractivity contribution < 1.29 is 14.3 Å². The van der Waals surface area contributed by atoms with Gasteiger partial charge in [-0.15, -0.1) is 0 Å². The Morgan fingerprint density at radius 3 is 2.33 bits per heavy atom. The summed E-state index contributed by atoms with van der Waals surface area (Å²) in [6, 6.07) is 10.7. The molecule has 0 spiro atoms. The molecule has 0 saturated heterocycles. The van der Waals surface area contributed by atoms with Crippen LogP contribution in [0.15, 0.2) is 36.4 Å². The number of aryl methyl sites for hydroxylation is 1. The first-order valence-electron chi connectivity index (χ1n) is 6.98. The van der Waals surface area contributed by atoms with Crippen LogP contribution in [0.3, 0.4) is 0 Å². The molecule has 2 unspecified atom stereocenters. The number of carbonyl (C=O) groups excluding carboxylic acids is 1. The molecule has 24 heavy (non-hydrogen) atoms. The van der Waals surface area contributed by atoms with Crippen molar-refractivity contribution in [1.82, 2.24) is 0 Å². The van der Waals surface area contributed by atoms with Gasteiger partial charge in [0.1, 0.15) is 5.75 Å². The van der Waals surface area contributed by atoms with Crippen LogP contribution in [0.4, 0.5) is 0 Å². The molecule has 0 aromatic heterocycles. The number of benzene rings is 2. The van der Waals surface area contributed by atoms with E-state index in [1.165, 1.54) is 0 Å². The van der Waals surface area contributed by atoms with E-state index in [9.17, 15) is 4.79 Å². The minimum atomic E-state index is -0.328. The predicted octanol–water partition coefficient (Wildman–Crippen LogP) is 4.44. The van der Waals surface area contributed by atoms with E-state index in [-0.39, 0.29) is 39.3 Å². The van der Waals surface area contributed by atoms with E-state index in [4.69, 9.17) is 32.7 Å².